The molecule has 3 heterocycles. The van der Waals surface area contributed by atoms with Gasteiger partial charge in [-0.25, -0.2) is 8.42 Å². The van der Waals surface area contributed by atoms with Crippen molar-refractivity contribution in [2.75, 3.05) is 85.2 Å². The van der Waals surface area contributed by atoms with Crippen molar-refractivity contribution in [1.82, 2.24) is 14.1 Å². The number of sulfonamides is 1. The van der Waals surface area contributed by atoms with Crippen LogP contribution in [0.3, 0.4) is 0 Å². The smallest absolute Gasteiger partial charge is 0.257 e. The molecular formula is C28H40N4O7S2. The van der Waals surface area contributed by atoms with Crippen LogP contribution >= 0.6 is 11.3 Å². The predicted molar refractivity (Wildman–Crippen MR) is 157 cm³/mol. The fourth-order valence-corrected chi connectivity index (χ4v) is 7.73. The summed E-state index contributed by atoms with van der Waals surface area (Å²) < 4.78 is 43.3. The molecule has 0 atom stereocenters. The molecule has 2 aliphatic heterocycles. The van der Waals surface area contributed by atoms with Crippen molar-refractivity contribution in [3.05, 3.63) is 45.8 Å². The molecule has 1 fully saturated rings. The summed E-state index contributed by atoms with van der Waals surface area (Å²) >= 11 is 1.45. The molecule has 0 bridgehead atoms. The molecule has 226 valence electrons. The van der Waals surface area contributed by atoms with Crippen LogP contribution in [0, 0.1) is 0 Å². The number of amides is 2. The number of fused-ring (bicyclic) bond motifs is 1. The van der Waals surface area contributed by atoms with E-state index in [1.165, 1.54) is 54.1 Å². The highest BCUT2D eigenvalue weighted by molar-refractivity contribution is 7.89. The van der Waals surface area contributed by atoms with E-state index >= 15 is 0 Å². The number of thiophene rings is 1. The van der Waals surface area contributed by atoms with Gasteiger partial charge in [0, 0.05) is 63.9 Å². The van der Waals surface area contributed by atoms with E-state index in [0.29, 0.717) is 42.4 Å². The summed E-state index contributed by atoms with van der Waals surface area (Å²) in [5.74, 6) is -0.483. The number of hydrogen-bond donors (Lipinski definition) is 1. The van der Waals surface area contributed by atoms with Crippen LogP contribution in [0.25, 0.3) is 0 Å². The number of ether oxygens (including phenoxy) is 3. The molecule has 13 heteroatoms. The minimum Gasteiger partial charge on any atom is -0.383 e. The summed E-state index contributed by atoms with van der Waals surface area (Å²) in [6.07, 6.45) is 1.80. The largest absolute Gasteiger partial charge is 0.383 e. The van der Waals surface area contributed by atoms with Crippen LogP contribution in [0.15, 0.2) is 29.2 Å². The second-order valence-electron chi connectivity index (χ2n) is 10.0. The molecule has 1 saturated heterocycles. The average molecular weight is 609 g/mol. The number of rotatable bonds is 13. The molecule has 1 aromatic heterocycles. The molecular weight excluding hydrogens is 568 g/mol. The number of benzene rings is 1. The van der Waals surface area contributed by atoms with Gasteiger partial charge in [-0.15, -0.1) is 11.3 Å². The van der Waals surface area contributed by atoms with Crippen molar-refractivity contribution in [1.29, 1.82) is 0 Å². The number of nitrogens with one attached hydrogen (secondary N) is 1. The monoisotopic (exact) mass is 608 g/mol. The molecule has 0 spiro atoms. The topological polar surface area (TPSA) is 118 Å². The molecule has 4 rings (SSSR count). The summed E-state index contributed by atoms with van der Waals surface area (Å²) in [7, 11) is -0.784. The number of morpholine rings is 1. The summed E-state index contributed by atoms with van der Waals surface area (Å²) in [5.41, 5.74) is 1.89. The number of methoxy groups -OCH3 is 2. The van der Waals surface area contributed by atoms with E-state index < -0.39 is 15.9 Å². The molecule has 2 aromatic rings. The zero-order chi connectivity index (χ0) is 29.4. The minimum atomic E-state index is -3.81. The molecule has 1 N–H and O–H groups in total. The molecule has 0 unspecified atom stereocenters. The van der Waals surface area contributed by atoms with Gasteiger partial charge in [0.2, 0.25) is 10.0 Å². The lowest BCUT2D eigenvalue weighted by Gasteiger charge is -2.29. The Bertz CT molecular complexity index is 1280. The highest BCUT2D eigenvalue weighted by Gasteiger charge is 2.32. The fourth-order valence-electron chi connectivity index (χ4n) is 5.04. The van der Waals surface area contributed by atoms with Crippen molar-refractivity contribution in [2.45, 2.75) is 31.2 Å². The van der Waals surface area contributed by atoms with Gasteiger partial charge in [0.1, 0.15) is 5.00 Å². The molecule has 1 aromatic carbocycles. The number of anilines is 1. The minimum absolute atomic E-state index is 0.0760. The summed E-state index contributed by atoms with van der Waals surface area (Å²) in [4.78, 5) is 32.4. The van der Waals surface area contributed by atoms with Gasteiger partial charge >= 0.3 is 0 Å². The van der Waals surface area contributed by atoms with E-state index in [1.807, 2.05) is 0 Å². The van der Waals surface area contributed by atoms with Gasteiger partial charge < -0.3 is 24.4 Å². The third-order valence-corrected chi connectivity index (χ3v) is 10.3. The number of hydrogen-bond acceptors (Lipinski definition) is 9. The van der Waals surface area contributed by atoms with Crippen molar-refractivity contribution in [2.24, 2.45) is 0 Å². The van der Waals surface area contributed by atoms with Crippen LogP contribution in [0.4, 0.5) is 5.00 Å². The molecule has 0 radical (unpaired) electrons. The van der Waals surface area contributed by atoms with E-state index in [1.54, 1.807) is 4.90 Å². The molecule has 0 aliphatic carbocycles. The normalized spacial score (nSPS) is 16.1. The van der Waals surface area contributed by atoms with Gasteiger partial charge in [-0.3, -0.25) is 14.5 Å². The van der Waals surface area contributed by atoms with Crippen molar-refractivity contribution >= 4 is 38.2 Å². The Hall–Kier alpha value is -2.39. The second-order valence-corrected chi connectivity index (χ2v) is 13.0. The van der Waals surface area contributed by atoms with Gasteiger partial charge in [0.25, 0.3) is 11.8 Å². The van der Waals surface area contributed by atoms with Gasteiger partial charge in [0.15, 0.2) is 0 Å². The van der Waals surface area contributed by atoms with E-state index in [9.17, 15) is 18.0 Å². The maximum Gasteiger partial charge on any atom is 0.257 e. The third-order valence-electron chi connectivity index (χ3n) is 7.26. The first-order chi connectivity index (χ1) is 19.8. The maximum absolute atomic E-state index is 13.7. The van der Waals surface area contributed by atoms with Crippen LogP contribution in [0.5, 0.6) is 0 Å². The standard InChI is InChI=1S/C28H40N4O7S2/c1-4-10-30-11-9-23-24(20-30)40-27(25(23)28(34)31-12-18-39-19-13-31)29-26(33)21-5-7-22(8-6-21)41(35,36)32(14-16-37-2)15-17-38-3/h5-8H,4,9-20H2,1-3H3,(H,29,33). The summed E-state index contributed by atoms with van der Waals surface area (Å²) in [6, 6.07) is 5.84. The fraction of sp³-hybridized carbons (Fsp3) is 0.571. The first-order valence-electron chi connectivity index (χ1n) is 13.9. The van der Waals surface area contributed by atoms with E-state index in [-0.39, 0.29) is 37.1 Å². The Morgan fingerprint density at radius 1 is 1.05 bits per heavy atom. The van der Waals surface area contributed by atoms with E-state index in [4.69, 9.17) is 14.2 Å². The van der Waals surface area contributed by atoms with Crippen LogP contribution in [-0.4, -0.2) is 114 Å². The Morgan fingerprint density at radius 2 is 1.71 bits per heavy atom. The van der Waals surface area contributed by atoms with E-state index in [0.717, 1.165) is 42.9 Å². The van der Waals surface area contributed by atoms with Gasteiger partial charge in [-0.1, -0.05) is 6.92 Å². The van der Waals surface area contributed by atoms with Crippen LogP contribution in [-0.2, 0) is 37.2 Å². The Morgan fingerprint density at radius 3 is 2.32 bits per heavy atom. The summed E-state index contributed by atoms with van der Waals surface area (Å²) in [6.45, 7) is 7.63. The average Bonchev–Trinajstić information content (AvgIpc) is 3.34. The first kappa shape index (κ1) is 31.5. The molecule has 2 amide bonds. The summed E-state index contributed by atoms with van der Waals surface area (Å²) in [5, 5.41) is 3.52. The van der Waals surface area contributed by atoms with Crippen LogP contribution in [0.2, 0.25) is 0 Å². The molecule has 2 aliphatic rings. The van der Waals surface area contributed by atoms with Crippen LogP contribution < -0.4 is 5.32 Å². The lowest BCUT2D eigenvalue weighted by molar-refractivity contribution is 0.0302. The Balaban J connectivity index is 1.56. The number of nitrogens with zero attached hydrogens (tertiary/aromatic N) is 3. The highest BCUT2D eigenvalue weighted by atomic mass is 32.2. The van der Waals surface area contributed by atoms with Crippen LogP contribution in [0.1, 0.15) is 44.5 Å². The second kappa shape index (κ2) is 14.7. The predicted octanol–water partition coefficient (Wildman–Crippen LogP) is 2.52. The zero-order valence-electron chi connectivity index (χ0n) is 24.0. The van der Waals surface area contributed by atoms with Gasteiger partial charge in [0.05, 0.1) is 36.9 Å². The van der Waals surface area contributed by atoms with Gasteiger partial charge in [-0.2, -0.15) is 4.31 Å². The highest BCUT2D eigenvalue weighted by Crippen LogP contribution is 2.38. The SMILES string of the molecule is CCCN1CCc2c(sc(NC(=O)c3ccc(S(=O)(=O)N(CCOC)CCOC)cc3)c2C(=O)N2CCOCC2)C1. The lowest BCUT2D eigenvalue weighted by atomic mass is 10.0. The van der Waals surface area contributed by atoms with Crippen molar-refractivity contribution in [3.63, 3.8) is 0 Å². The lowest BCUT2D eigenvalue weighted by Crippen LogP contribution is -2.41. The Kier molecular flexibility index (Phi) is 11.3. The third kappa shape index (κ3) is 7.53. The Labute approximate surface area is 246 Å². The molecule has 11 nitrogen and oxygen atoms in total. The zero-order valence-corrected chi connectivity index (χ0v) is 25.7. The van der Waals surface area contributed by atoms with E-state index in [2.05, 4.69) is 17.1 Å². The number of carbonyl (C=O) groups excluding carboxylic acids is 2. The first-order valence-corrected chi connectivity index (χ1v) is 16.2. The quantitative estimate of drug-likeness (QED) is 0.369. The van der Waals surface area contributed by atoms with Crippen molar-refractivity contribution in [3.8, 4) is 0 Å². The molecule has 41 heavy (non-hydrogen) atoms. The maximum atomic E-state index is 13.7. The molecule has 0 saturated carbocycles. The van der Waals surface area contributed by atoms with Gasteiger partial charge in [-0.05, 0) is 49.2 Å². The van der Waals surface area contributed by atoms with Crippen molar-refractivity contribution < 1.29 is 32.2 Å². The number of carbonyl (C=O) groups is 2.